The smallest absolute Gasteiger partial charge is 0.338 e. The third-order valence-corrected chi connectivity index (χ3v) is 3.88. The van der Waals surface area contributed by atoms with Crippen LogP contribution in [0.2, 0.25) is 0 Å². The largest absolute Gasteiger partial charge is 0.465 e. The molecule has 0 bridgehead atoms. The lowest BCUT2D eigenvalue weighted by atomic mass is 10.1. The monoisotopic (exact) mass is 432 g/mol. The van der Waals surface area contributed by atoms with Crippen LogP contribution >= 0.6 is 15.9 Å². The summed E-state index contributed by atoms with van der Waals surface area (Å²) in [5.41, 5.74) is 12.2. The van der Waals surface area contributed by atoms with Crippen LogP contribution in [-0.4, -0.2) is 35.4 Å². The summed E-state index contributed by atoms with van der Waals surface area (Å²) in [5, 5.41) is 14.5. The second-order valence-electron chi connectivity index (χ2n) is 5.11. The third-order valence-electron chi connectivity index (χ3n) is 3.39. The SMILES string of the molecule is COC(=O)c1cc(Br)ccc1-c1ccc(/C=N\N=C(N)c2nonc2N)o1. The summed E-state index contributed by atoms with van der Waals surface area (Å²) < 4.78 is 15.7. The number of carbonyl (C=O) groups is 1. The van der Waals surface area contributed by atoms with Gasteiger partial charge in [0.25, 0.3) is 0 Å². The van der Waals surface area contributed by atoms with Crippen LogP contribution in [0.5, 0.6) is 0 Å². The lowest BCUT2D eigenvalue weighted by Gasteiger charge is -2.06. The molecule has 2 heterocycles. The summed E-state index contributed by atoms with van der Waals surface area (Å²) in [4.78, 5) is 12.0. The lowest BCUT2D eigenvalue weighted by Crippen LogP contribution is -2.15. The van der Waals surface area contributed by atoms with Crippen molar-refractivity contribution < 1.29 is 18.6 Å². The molecule has 10 nitrogen and oxygen atoms in total. The number of anilines is 1. The zero-order chi connectivity index (χ0) is 19.4. The van der Waals surface area contributed by atoms with Crippen molar-refractivity contribution in [3.05, 3.63) is 51.8 Å². The number of amidine groups is 1. The highest BCUT2D eigenvalue weighted by Crippen LogP contribution is 2.28. The minimum absolute atomic E-state index is 0.0114. The number of aromatic nitrogens is 2. The molecule has 0 radical (unpaired) electrons. The Morgan fingerprint density at radius 1 is 1.30 bits per heavy atom. The Bertz CT molecular complexity index is 1040. The van der Waals surface area contributed by atoms with Gasteiger partial charge in [-0.25, -0.2) is 9.42 Å². The molecule has 3 aromatic rings. The molecule has 27 heavy (non-hydrogen) atoms. The maximum atomic E-state index is 12.0. The number of nitrogens with two attached hydrogens (primary N) is 2. The first kappa shape index (κ1) is 18.3. The van der Waals surface area contributed by atoms with Gasteiger partial charge in [-0.2, -0.15) is 5.10 Å². The number of methoxy groups -OCH3 is 1. The van der Waals surface area contributed by atoms with Gasteiger partial charge in [0.2, 0.25) is 0 Å². The van der Waals surface area contributed by atoms with Gasteiger partial charge in [-0.05, 0) is 40.6 Å². The first-order valence-corrected chi connectivity index (χ1v) is 8.22. The van der Waals surface area contributed by atoms with Crippen LogP contribution in [-0.2, 0) is 4.74 Å². The number of furan rings is 1. The number of nitrogens with zero attached hydrogens (tertiary/aromatic N) is 4. The van der Waals surface area contributed by atoms with Gasteiger partial charge in [0.1, 0.15) is 11.5 Å². The molecule has 0 unspecified atom stereocenters. The highest BCUT2D eigenvalue weighted by Gasteiger charge is 2.16. The predicted molar refractivity (Wildman–Crippen MR) is 100 cm³/mol. The molecule has 3 rings (SSSR count). The minimum atomic E-state index is -0.478. The summed E-state index contributed by atoms with van der Waals surface area (Å²) in [6.07, 6.45) is 1.34. The van der Waals surface area contributed by atoms with E-state index in [1.54, 1.807) is 30.3 Å². The molecule has 0 aliphatic carbocycles. The van der Waals surface area contributed by atoms with E-state index in [4.69, 9.17) is 20.6 Å². The van der Waals surface area contributed by atoms with Crippen molar-refractivity contribution in [2.75, 3.05) is 12.8 Å². The molecular weight excluding hydrogens is 420 g/mol. The van der Waals surface area contributed by atoms with Crippen LogP contribution in [0, 0.1) is 0 Å². The highest BCUT2D eigenvalue weighted by atomic mass is 79.9. The van der Waals surface area contributed by atoms with Crippen LogP contribution in [0.4, 0.5) is 5.82 Å². The number of rotatable bonds is 5. The van der Waals surface area contributed by atoms with E-state index in [1.165, 1.54) is 13.3 Å². The summed E-state index contributed by atoms with van der Waals surface area (Å²) in [6, 6.07) is 8.55. The molecule has 0 aliphatic rings. The van der Waals surface area contributed by atoms with E-state index in [2.05, 4.69) is 41.1 Å². The number of ether oxygens (including phenoxy) is 1. The molecule has 0 amide bonds. The van der Waals surface area contributed by atoms with E-state index in [1.807, 2.05) is 0 Å². The summed E-state index contributed by atoms with van der Waals surface area (Å²) in [7, 11) is 1.31. The average Bonchev–Trinajstić information content (AvgIpc) is 3.30. The second-order valence-corrected chi connectivity index (χ2v) is 6.03. The van der Waals surface area contributed by atoms with Crippen molar-refractivity contribution in [3.8, 4) is 11.3 Å². The van der Waals surface area contributed by atoms with Gasteiger partial charge in [-0.1, -0.05) is 15.9 Å². The van der Waals surface area contributed by atoms with Gasteiger partial charge in [0.15, 0.2) is 17.3 Å². The molecule has 4 N–H and O–H groups in total. The van der Waals surface area contributed by atoms with Crippen molar-refractivity contribution in [3.63, 3.8) is 0 Å². The molecule has 0 saturated carbocycles. The molecule has 1 aromatic carbocycles. The number of hydrogen-bond donors (Lipinski definition) is 2. The number of carbonyl (C=O) groups excluding carboxylic acids is 1. The lowest BCUT2D eigenvalue weighted by molar-refractivity contribution is 0.0601. The van der Waals surface area contributed by atoms with Crippen molar-refractivity contribution in [1.82, 2.24) is 10.3 Å². The second kappa shape index (κ2) is 7.83. The predicted octanol–water partition coefficient (Wildman–Crippen LogP) is 2.20. The number of hydrogen-bond acceptors (Lipinski definition) is 9. The number of halogens is 1. The van der Waals surface area contributed by atoms with Crippen LogP contribution in [0.25, 0.3) is 11.3 Å². The fourth-order valence-electron chi connectivity index (χ4n) is 2.15. The van der Waals surface area contributed by atoms with Crippen LogP contribution in [0.3, 0.4) is 0 Å². The Morgan fingerprint density at radius 3 is 2.81 bits per heavy atom. The number of benzene rings is 1. The zero-order valence-corrected chi connectivity index (χ0v) is 15.5. The van der Waals surface area contributed by atoms with Gasteiger partial charge < -0.3 is 20.6 Å². The topological polar surface area (TPSA) is 155 Å². The van der Waals surface area contributed by atoms with Crippen LogP contribution in [0.1, 0.15) is 21.8 Å². The Hall–Kier alpha value is -3.47. The third kappa shape index (κ3) is 4.03. The van der Waals surface area contributed by atoms with Crippen LogP contribution in [0.15, 0.2) is 54.1 Å². The summed E-state index contributed by atoms with van der Waals surface area (Å²) in [6.45, 7) is 0. The van der Waals surface area contributed by atoms with Gasteiger partial charge in [0.05, 0.1) is 18.9 Å². The van der Waals surface area contributed by atoms with Gasteiger partial charge >= 0.3 is 5.97 Å². The molecule has 0 spiro atoms. The summed E-state index contributed by atoms with van der Waals surface area (Å²) in [5.74, 6) is 0.335. The quantitative estimate of drug-likeness (QED) is 0.269. The Morgan fingerprint density at radius 2 is 2.11 bits per heavy atom. The van der Waals surface area contributed by atoms with E-state index < -0.39 is 5.97 Å². The van der Waals surface area contributed by atoms with Crippen molar-refractivity contribution in [2.45, 2.75) is 0 Å². The summed E-state index contributed by atoms with van der Waals surface area (Å²) >= 11 is 3.33. The fourth-order valence-corrected chi connectivity index (χ4v) is 2.51. The molecule has 0 atom stereocenters. The molecule has 138 valence electrons. The maximum absolute atomic E-state index is 12.0. The first-order chi connectivity index (χ1) is 13.0. The zero-order valence-electron chi connectivity index (χ0n) is 13.9. The fraction of sp³-hybridized carbons (Fsp3) is 0.0625. The van der Waals surface area contributed by atoms with E-state index in [-0.39, 0.29) is 17.3 Å². The molecule has 11 heteroatoms. The van der Waals surface area contributed by atoms with Gasteiger partial charge in [-0.15, -0.1) is 5.10 Å². The van der Waals surface area contributed by atoms with Crippen molar-refractivity contribution >= 4 is 39.8 Å². The van der Waals surface area contributed by atoms with E-state index in [0.29, 0.717) is 22.6 Å². The van der Waals surface area contributed by atoms with Crippen LogP contribution < -0.4 is 11.5 Å². The van der Waals surface area contributed by atoms with Crippen molar-refractivity contribution in [2.24, 2.45) is 15.9 Å². The standard InChI is InChI=1S/C16H13BrN6O4/c1-25-16(24)11-6-8(17)2-4-10(11)12-5-3-9(26-12)7-20-21-14(18)13-15(19)23-27-22-13/h2-7H,1H3,(H2,18,21)(H2,19,23)/b20-7-. The minimum Gasteiger partial charge on any atom is -0.465 e. The maximum Gasteiger partial charge on any atom is 0.338 e. The van der Waals surface area contributed by atoms with Crippen molar-refractivity contribution in [1.29, 1.82) is 0 Å². The molecule has 0 aliphatic heterocycles. The van der Waals surface area contributed by atoms with Gasteiger partial charge in [-0.3, -0.25) is 0 Å². The molecule has 2 aromatic heterocycles. The average molecular weight is 433 g/mol. The number of esters is 1. The number of nitrogen functional groups attached to an aromatic ring is 1. The molecular formula is C16H13BrN6O4. The Balaban J connectivity index is 1.84. The van der Waals surface area contributed by atoms with E-state index in [9.17, 15) is 4.79 Å². The van der Waals surface area contributed by atoms with Gasteiger partial charge in [0, 0.05) is 10.0 Å². The normalized spacial score (nSPS) is 11.9. The molecule has 0 fully saturated rings. The van der Waals surface area contributed by atoms with E-state index >= 15 is 0 Å². The Labute approximate surface area is 161 Å². The molecule has 0 saturated heterocycles. The van der Waals surface area contributed by atoms with E-state index in [0.717, 1.165) is 4.47 Å². The Kier molecular flexibility index (Phi) is 5.31. The highest BCUT2D eigenvalue weighted by molar-refractivity contribution is 9.10. The first-order valence-electron chi connectivity index (χ1n) is 7.42.